The van der Waals surface area contributed by atoms with Gasteiger partial charge in [0.25, 0.3) is 23.6 Å². The van der Waals surface area contributed by atoms with Crippen LogP contribution < -0.4 is 26.6 Å². The molecule has 5 N–H and O–H groups in total. The number of nitrogens with one attached hydrogen (secondary N) is 5. The van der Waals surface area contributed by atoms with E-state index in [0.29, 0.717) is 35.6 Å². The van der Waals surface area contributed by atoms with Crippen LogP contribution in [0.2, 0.25) is 0 Å². The van der Waals surface area contributed by atoms with Gasteiger partial charge in [-0.3, -0.25) is 19.2 Å². The number of anilines is 2. The smallest absolute Gasteiger partial charge is 0.409 e. The number of hydrogen-bond acceptors (Lipinski definition) is 9. The van der Waals surface area contributed by atoms with E-state index in [1.54, 1.807) is 47.5 Å². The Hall–Kier alpha value is -7.19. The van der Waals surface area contributed by atoms with Crippen molar-refractivity contribution in [3.63, 3.8) is 0 Å². The summed E-state index contributed by atoms with van der Waals surface area (Å²) in [6.07, 6.45) is 8.72. The number of likely N-dealkylation sites (tertiary alicyclic amines) is 1. The van der Waals surface area contributed by atoms with E-state index >= 15 is 0 Å². The van der Waals surface area contributed by atoms with Gasteiger partial charge >= 0.3 is 6.09 Å². The van der Waals surface area contributed by atoms with E-state index in [-0.39, 0.29) is 47.7 Å². The Morgan fingerprint density at radius 3 is 1.69 bits per heavy atom. The highest BCUT2D eigenvalue weighted by atomic mass is 16.5. The summed E-state index contributed by atoms with van der Waals surface area (Å²) in [5.74, 6) is -1.29. The van der Waals surface area contributed by atoms with Crippen LogP contribution in [0.5, 0.6) is 0 Å². The third-order valence-corrected chi connectivity index (χ3v) is 11.1. The zero-order valence-corrected chi connectivity index (χ0v) is 34.6. The minimum Gasteiger partial charge on any atom is -0.453 e. The maximum absolute atomic E-state index is 13.0. The van der Waals surface area contributed by atoms with E-state index < -0.39 is 12.0 Å². The van der Waals surface area contributed by atoms with Crippen molar-refractivity contribution < 1.29 is 28.7 Å². The second-order valence-corrected chi connectivity index (χ2v) is 15.1. The second-order valence-electron chi connectivity index (χ2n) is 15.1. The van der Waals surface area contributed by atoms with Gasteiger partial charge in [0.05, 0.1) is 24.5 Å². The van der Waals surface area contributed by atoms with Crippen molar-refractivity contribution in [1.82, 2.24) is 30.8 Å². The molecule has 0 aliphatic carbocycles. The summed E-state index contributed by atoms with van der Waals surface area (Å²) in [7, 11) is 1.35. The van der Waals surface area contributed by atoms with Gasteiger partial charge in [-0.2, -0.15) is 0 Å². The number of carbonyl (C=O) groups excluding carboxylic acids is 5. The number of rotatable bonds is 10. The molecule has 6 aromatic rings. The highest BCUT2D eigenvalue weighted by Gasteiger charge is 2.28. The van der Waals surface area contributed by atoms with E-state index in [9.17, 15) is 24.0 Å². The summed E-state index contributed by atoms with van der Waals surface area (Å²) in [5.41, 5.74) is 2.13. The summed E-state index contributed by atoms with van der Waals surface area (Å²) in [4.78, 5) is 73.6. The summed E-state index contributed by atoms with van der Waals surface area (Å²) < 4.78 is 4.86. The lowest BCUT2D eigenvalue weighted by Crippen LogP contribution is -2.49. The number of hydrogen-bond donors (Lipinski definition) is 5. The molecule has 2 saturated heterocycles. The van der Waals surface area contributed by atoms with Crippen LogP contribution in [0.4, 0.5) is 16.2 Å². The van der Waals surface area contributed by atoms with Crippen molar-refractivity contribution in [3.8, 4) is 0 Å². The number of methoxy groups -OCH3 is 1. The third-order valence-electron chi connectivity index (χ3n) is 11.1. The van der Waals surface area contributed by atoms with Crippen LogP contribution in [0.1, 0.15) is 80.2 Å². The molecular formula is C48H50N8O6. The highest BCUT2D eigenvalue weighted by molar-refractivity contribution is 6.15. The maximum Gasteiger partial charge on any atom is 0.409 e. The number of ether oxygens (including phenoxy) is 1. The Kier molecular flexibility index (Phi) is 14.4. The van der Waals surface area contributed by atoms with Gasteiger partial charge in [-0.25, -0.2) is 14.8 Å². The minimum absolute atomic E-state index is 0.117. The SMILES string of the molecule is COC(=O)N1CCCCC1CNC(=O)c1ncccc1NC(=O)c1cccc2ccccc12.O=C(NCC1CCCCN1)c1ncccc1NC(=O)c1cccc2ccccc12. The van der Waals surface area contributed by atoms with Crippen molar-refractivity contribution in [1.29, 1.82) is 0 Å². The summed E-state index contributed by atoms with van der Waals surface area (Å²) in [6, 6.07) is 33.3. The standard InChI is InChI=1S/C25H26N4O4.C23H24N4O2/c1-33-25(32)29-15-5-4-10-18(29)16-27-24(31)22-21(13-7-14-26-22)28-23(30)20-12-6-9-17-8-2-3-11-19(17)20;28-22(19-11-5-8-16-7-1-2-10-18(16)19)27-20-12-6-14-25-21(20)23(29)26-15-17-9-3-4-13-24-17/h2-3,6-9,11-14,18H,4-5,10,15-16H2,1H3,(H,27,31)(H,28,30);1-2,5-8,10-12,14,17,24H,3-4,9,13,15H2,(H,26,29)(H,27,28). The van der Waals surface area contributed by atoms with E-state index in [1.165, 1.54) is 26.1 Å². The largest absolute Gasteiger partial charge is 0.453 e. The lowest BCUT2D eigenvalue weighted by Gasteiger charge is -2.34. The molecule has 5 amide bonds. The number of amides is 5. The van der Waals surface area contributed by atoms with Gasteiger partial charge in [0, 0.05) is 49.2 Å². The van der Waals surface area contributed by atoms with Gasteiger partial charge < -0.3 is 36.2 Å². The molecule has 2 aromatic heterocycles. The first-order valence-electron chi connectivity index (χ1n) is 20.9. The molecule has 4 heterocycles. The molecule has 4 aromatic carbocycles. The van der Waals surface area contributed by atoms with E-state index in [1.807, 2.05) is 72.8 Å². The maximum atomic E-state index is 13.0. The molecule has 2 fully saturated rings. The fourth-order valence-electron chi connectivity index (χ4n) is 7.86. The van der Waals surface area contributed by atoms with Crippen molar-refractivity contribution in [3.05, 3.63) is 144 Å². The molecule has 14 heteroatoms. The number of fused-ring (bicyclic) bond motifs is 2. The van der Waals surface area contributed by atoms with Crippen LogP contribution in [-0.4, -0.2) is 90.0 Å². The van der Waals surface area contributed by atoms with Crippen LogP contribution in [0.25, 0.3) is 21.5 Å². The average molecular weight is 835 g/mol. The molecule has 2 atom stereocenters. The van der Waals surface area contributed by atoms with Crippen molar-refractivity contribution in [2.24, 2.45) is 0 Å². The predicted octanol–water partition coefficient (Wildman–Crippen LogP) is 7.20. The number of nitrogens with zero attached hydrogens (tertiary/aromatic N) is 3. The fourth-order valence-corrected chi connectivity index (χ4v) is 7.86. The monoisotopic (exact) mass is 834 g/mol. The first-order valence-corrected chi connectivity index (χ1v) is 20.9. The molecule has 0 radical (unpaired) electrons. The Bertz CT molecular complexity index is 2550. The van der Waals surface area contributed by atoms with Crippen molar-refractivity contribution >= 4 is 62.6 Å². The number of pyridine rings is 2. The number of aromatic nitrogens is 2. The normalized spacial score (nSPS) is 16.0. The molecule has 0 saturated carbocycles. The molecule has 2 aliphatic heterocycles. The lowest BCUT2D eigenvalue weighted by atomic mass is 10.0. The van der Waals surface area contributed by atoms with E-state index in [2.05, 4.69) is 36.6 Å². The summed E-state index contributed by atoms with van der Waals surface area (Å²) in [6.45, 7) is 2.41. The topological polar surface area (TPSA) is 184 Å². The first-order chi connectivity index (χ1) is 30.3. The van der Waals surface area contributed by atoms with Crippen LogP contribution in [0.3, 0.4) is 0 Å². The Labute approximate surface area is 359 Å². The minimum atomic E-state index is -0.417. The lowest BCUT2D eigenvalue weighted by molar-refractivity contribution is 0.0817. The molecule has 2 unspecified atom stereocenters. The number of benzene rings is 4. The Morgan fingerprint density at radius 2 is 1.15 bits per heavy atom. The molecule has 8 rings (SSSR count). The molecular weight excluding hydrogens is 785 g/mol. The zero-order chi connectivity index (χ0) is 43.3. The van der Waals surface area contributed by atoms with Gasteiger partial charge in [0.15, 0.2) is 11.4 Å². The van der Waals surface area contributed by atoms with Gasteiger partial charge in [-0.15, -0.1) is 0 Å². The van der Waals surface area contributed by atoms with E-state index in [4.69, 9.17) is 4.74 Å². The fraction of sp³-hybridized carbons (Fsp3) is 0.271. The summed E-state index contributed by atoms with van der Waals surface area (Å²) >= 11 is 0. The van der Waals surface area contributed by atoms with Crippen LogP contribution in [0, 0.1) is 0 Å². The molecule has 0 bridgehead atoms. The van der Waals surface area contributed by atoms with E-state index in [0.717, 1.165) is 53.8 Å². The third kappa shape index (κ3) is 10.6. The van der Waals surface area contributed by atoms with Crippen LogP contribution >= 0.6 is 0 Å². The number of piperidine rings is 2. The predicted molar refractivity (Wildman–Crippen MR) is 239 cm³/mol. The van der Waals surface area contributed by atoms with Gasteiger partial charge in [0.1, 0.15) is 0 Å². The quantitative estimate of drug-likeness (QED) is 0.0953. The molecule has 62 heavy (non-hydrogen) atoms. The molecule has 0 spiro atoms. The van der Waals surface area contributed by atoms with Crippen LogP contribution in [-0.2, 0) is 4.74 Å². The molecule has 2 aliphatic rings. The zero-order valence-electron chi connectivity index (χ0n) is 34.6. The van der Waals surface area contributed by atoms with Gasteiger partial charge in [-0.1, -0.05) is 79.2 Å². The van der Waals surface area contributed by atoms with Crippen molar-refractivity contribution in [2.45, 2.75) is 50.6 Å². The number of carbonyl (C=O) groups is 5. The first kappa shape index (κ1) is 42.9. The van der Waals surface area contributed by atoms with Crippen molar-refractivity contribution in [2.75, 3.05) is 43.9 Å². The molecule has 318 valence electrons. The van der Waals surface area contributed by atoms with Gasteiger partial charge in [0.2, 0.25) is 0 Å². The Balaban J connectivity index is 0.000000188. The van der Waals surface area contributed by atoms with Crippen LogP contribution in [0.15, 0.2) is 122 Å². The summed E-state index contributed by atoms with van der Waals surface area (Å²) in [5, 5.41) is 18.5. The second kappa shape index (κ2) is 20.9. The molecule has 14 nitrogen and oxygen atoms in total. The highest BCUT2D eigenvalue weighted by Crippen LogP contribution is 2.23. The van der Waals surface area contributed by atoms with Gasteiger partial charge in [-0.05, 0) is 96.6 Å². The average Bonchev–Trinajstić information content (AvgIpc) is 3.32. The Morgan fingerprint density at radius 1 is 0.613 bits per heavy atom.